The third-order valence-electron chi connectivity index (χ3n) is 2.02. The van der Waals surface area contributed by atoms with Crippen LogP contribution in [0.2, 0.25) is 0 Å². The van der Waals surface area contributed by atoms with E-state index < -0.39 is 0 Å². The third kappa shape index (κ3) is 2.80. The number of Topliss-reactive ketones (excluding diaryl/α,β-unsaturated/α-hetero) is 1. The molecule has 5 nitrogen and oxygen atoms in total. The van der Waals surface area contributed by atoms with E-state index in [-0.39, 0.29) is 18.2 Å². The number of rotatable bonds is 4. The van der Waals surface area contributed by atoms with E-state index in [9.17, 15) is 9.59 Å². The van der Waals surface area contributed by atoms with Crippen LogP contribution in [0.5, 0.6) is 5.75 Å². The molecule has 1 amide bonds. The second kappa shape index (κ2) is 5.27. The number of ketones is 1. The van der Waals surface area contributed by atoms with Crippen molar-refractivity contribution in [1.29, 1.82) is 0 Å². The van der Waals surface area contributed by atoms with Crippen LogP contribution in [0.3, 0.4) is 0 Å². The van der Waals surface area contributed by atoms with Crippen molar-refractivity contribution in [3.63, 3.8) is 0 Å². The minimum atomic E-state index is -0.251. The number of ether oxygens (including phenoxy) is 1. The second-order valence-corrected chi connectivity index (χ2v) is 3.22. The average molecular weight is 222 g/mol. The van der Waals surface area contributed by atoms with Crippen LogP contribution >= 0.6 is 0 Å². The monoisotopic (exact) mass is 222 g/mol. The number of anilines is 1. The molecule has 0 saturated heterocycles. The summed E-state index contributed by atoms with van der Waals surface area (Å²) >= 11 is 0. The zero-order chi connectivity index (χ0) is 12.1. The van der Waals surface area contributed by atoms with Crippen LogP contribution in [-0.4, -0.2) is 25.3 Å². The van der Waals surface area contributed by atoms with Crippen LogP contribution < -0.4 is 15.8 Å². The Balaban J connectivity index is 3.15. The summed E-state index contributed by atoms with van der Waals surface area (Å²) in [5.74, 6) is 0.0862. The molecule has 1 aromatic rings. The molecule has 5 heteroatoms. The van der Waals surface area contributed by atoms with E-state index in [0.717, 1.165) is 0 Å². The quantitative estimate of drug-likeness (QED) is 0.738. The molecule has 0 atom stereocenters. The molecule has 1 rings (SSSR count). The van der Waals surface area contributed by atoms with E-state index in [1.807, 2.05) is 0 Å². The highest BCUT2D eigenvalue weighted by molar-refractivity contribution is 6.05. The van der Waals surface area contributed by atoms with Crippen molar-refractivity contribution in [3.05, 3.63) is 23.8 Å². The van der Waals surface area contributed by atoms with Gasteiger partial charge < -0.3 is 15.8 Å². The zero-order valence-corrected chi connectivity index (χ0v) is 9.24. The molecule has 0 spiro atoms. The van der Waals surface area contributed by atoms with E-state index in [4.69, 9.17) is 10.5 Å². The SMILES string of the molecule is COc1ccc(C(=O)CN)c(NC(C)=O)c1. The van der Waals surface area contributed by atoms with Gasteiger partial charge in [-0.25, -0.2) is 0 Å². The predicted octanol–water partition coefficient (Wildman–Crippen LogP) is 0.795. The molecule has 86 valence electrons. The minimum Gasteiger partial charge on any atom is -0.497 e. The standard InChI is InChI=1S/C11H14N2O3/c1-7(14)13-10-5-8(16-2)3-4-9(10)11(15)6-12/h3-5H,6,12H2,1-2H3,(H,13,14). The van der Waals surface area contributed by atoms with Crippen LogP contribution in [0.15, 0.2) is 18.2 Å². The van der Waals surface area contributed by atoms with Gasteiger partial charge in [0.25, 0.3) is 0 Å². The molecular formula is C11H14N2O3. The van der Waals surface area contributed by atoms with E-state index in [2.05, 4.69) is 5.32 Å². The summed E-state index contributed by atoms with van der Waals surface area (Å²) in [7, 11) is 1.51. The molecule has 0 aromatic heterocycles. The van der Waals surface area contributed by atoms with Crippen molar-refractivity contribution in [2.24, 2.45) is 5.73 Å². The van der Waals surface area contributed by atoms with Crippen LogP contribution in [0.1, 0.15) is 17.3 Å². The second-order valence-electron chi connectivity index (χ2n) is 3.22. The maximum absolute atomic E-state index is 11.5. The van der Waals surface area contributed by atoms with Gasteiger partial charge in [0.05, 0.1) is 19.3 Å². The Labute approximate surface area is 93.6 Å². The molecule has 0 heterocycles. The predicted molar refractivity (Wildman–Crippen MR) is 60.7 cm³/mol. The maximum atomic E-state index is 11.5. The van der Waals surface area contributed by atoms with Crippen molar-refractivity contribution in [2.45, 2.75) is 6.92 Å². The highest BCUT2D eigenvalue weighted by atomic mass is 16.5. The van der Waals surface area contributed by atoms with Gasteiger partial charge in [0, 0.05) is 18.6 Å². The maximum Gasteiger partial charge on any atom is 0.221 e. The van der Waals surface area contributed by atoms with Crippen molar-refractivity contribution in [3.8, 4) is 5.75 Å². The number of nitrogens with two attached hydrogens (primary N) is 1. The first kappa shape index (κ1) is 12.2. The van der Waals surface area contributed by atoms with Gasteiger partial charge >= 0.3 is 0 Å². The summed E-state index contributed by atoms with van der Waals surface area (Å²) in [6, 6.07) is 4.82. The van der Waals surface area contributed by atoms with E-state index >= 15 is 0 Å². The van der Waals surface area contributed by atoms with Gasteiger partial charge in [0.1, 0.15) is 5.75 Å². The summed E-state index contributed by atoms with van der Waals surface area (Å²) in [5.41, 5.74) is 6.09. The lowest BCUT2D eigenvalue weighted by molar-refractivity contribution is -0.114. The summed E-state index contributed by atoms with van der Waals surface area (Å²) in [6.07, 6.45) is 0. The van der Waals surface area contributed by atoms with Gasteiger partial charge in [-0.15, -0.1) is 0 Å². The van der Waals surface area contributed by atoms with Crippen LogP contribution in [0.25, 0.3) is 0 Å². The van der Waals surface area contributed by atoms with Crippen LogP contribution in [0, 0.1) is 0 Å². The number of methoxy groups -OCH3 is 1. The van der Waals surface area contributed by atoms with Crippen molar-refractivity contribution in [2.75, 3.05) is 19.0 Å². The molecule has 0 bridgehead atoms. The lowest BCUT2D eigenvalue weighted by Crippen LogP contribution is -2.17. The molecule has 16 heavy (non-hydrogen) atoms. The topological polar surface area (TPSA) is 81.4 Å². The van der Waals surface area contributed by atoms with Crippen molar-refractivity contribution < 1.29 is 14.3 Å². The largest absolute Gasteiger partial charge is 0.497 e. The molecular weight excluding hydrogens is 208 g/mol. The van der Waals surface area contributed by atoms with Gasteiger partial charge in [0.15, 0.2) is 5.78 Å². The number of hydrogen-bond donors (Lipinski definition) is 2. The van der Waals surface area contributed by atoms with E-state index in [1.54, 1.807) is 18.2 Å². The molecule has 0 aliphatic carbocycles. The fraction of sp³-hybridized carbons (Fsp3) is 0.273. The first-order valence-electron chi connectivity index (χ1n) is 4.77. The first-order valence-corrected chi connectivity index (χ1v) is 4.77. The Kier molecular flexibility index (Phi) is 4.02. The fourth-order valence-corrected chi connectivity index (χ4v) is 1.30. The van der Waals surface area contributed by atoms with Crippen LogP contribution in [-0.2, 0) is 4.79 Å². The highest BCUT2D eigenvalue weighted by Gasteiger charge is 2.11. The molecule has 0 aliphatic rings. The lowest BCUT2D eigenvalue weighted by Gasteiger charge is -2.10. The fourth-order valence-electron chi connectivity index (χ4n) is 1.30. The number of carbonyl (C=O) groups excluding carboxylic acids is 2. The number of benzene rings is 1. The summed E-state index contributed by atoms with van der Waals surface area (Å²) in [6.45, 7) is 1.27. The van der Waals surface area contributed by atoms with Gasteiger partial charge in [0.2, 0.25) is 5.91 Å². The Bertz CT molecular complexity index is 416. The van der Waals surface area contributed by atoms with Gasteiger partial charge in [-0.1, -0.05) is 0 Å². The van der Waals surface area contributed by atoms with Crippen LogP contribution in [0.4, 0.5) is 5.69 Å². The molecule has 3 N–H and O–H groups in total. The molecule has 1 aromatic carbocycles. The Morgan fingerprint density at radius 1 is 1.44 bits per heavy atom. The Morgan fingerprint density at radius 3 is 2.62 bits per heavy atom. The van der Waals surface area contributed by atoms with E-state index in [0.29, 0.717) is 17.0 Å². The zero-order valence-electron chi connectivity index (χ0n) is 9.24. The number of amides is 1. The minimum absolute atomic E-state index is 0.0983. The summed E-state index contributed by atoms with van der Waals surface area (Å²) in [5, 5.41) is 2.57. The normalized spacial score (nSPS) is 9.69. The summed E-state index contributed by atoms with van der Waals surface area (Å²) < 4.78 is 5.01. The van der Waals surface area contributed by atoms with Crippen molar-refractivity contribution in [1.82, 2.24) is 0 Å². The lowest BCUT2D eigenvalue weighted by atomic mass is 10.1. The smallest absolute Gasteiger partial charge is 0.221 e. The highest BCUT2D eigenvalue weighted by Crippen LogP contribution is 2.22. The number of carbonyl (C=O) groups is 2. The van der Waals surface area contributed by atoms with Crippen molar-refractivity contribution >= 4 is 17.4 Å². The third-order valence-corrected chi connectivity index (χ3v) is 2.02. The Hall–Kier alpha value is -1.88. The molecule has 0 aliphatic heterocycles. The first-order chi connectivity index (χ1) is 7.58. The van der Waals surface area contributed by atoms with Gasteiger partial charge in [-0.2, -0.15) is 0 Å². The molecule has 0 fully saturated rings. The molecule has 0 radical (unpaired) electrons. The van der Waals surface area contributed by atoms with Gasteiger partial charge in [-0.3, -0.25) is 9.59 Å². The Morgan fingerprint density at radius 2 is 2.12 bits per heavy atom. The molecule has 0 saturated carbocycles. The number of hydrogen-bond acceptors (Lipinski definition) is 4. The van der Waals surface area contributed by atoms with E-state index in [1.165, 1.54) is 14.0 Å². The summed E-state index contributed by atoms with van der Waals surface area (Å²) in [4.78, 5) is 22.5. The molecule has 0 unspecified atom stereocenters. The number of nitrogens with one attached hydrogen (secondary N) is 1. The van der Waals surface area contributed by atoms with Gasteiger partial charge in [-0.05, 0) is 12.1 Å². The average Bonchev–Trinajstić information content (AvgIpc) is 2.27.